The van der Waals surface area contributed by atoms with E-state index in [9.17, 15) is 9.59 Å². The summed E-state index contributed by atoms with van der Waals surface area (Å²) in [6.45, 7) is 6.25. The fraction of sp³-hybridized carbons (Fsp3) is 0.857. The Morgan fingerprint density at radius 1 is 1.50 bits per heavy atom. The molecule has 0 radical (unpaired) electrons. The van der Waals surface area contributed by atoms with Gasteiger partial charge in [0.05, 0.1) is 12.0 Å². The Bertz CT molecular complexity index is 355. The Kier molecular flexibility index (Phi) is 3.49. The average molecular weight is 254 g/mol. The van der Waals surface area contributed by atoms with Gasteiger partial charge < -0.3 is 9.47 Å². The fourth-order valence-electron chi connectivity index (χ4n) is 2.99. The highest BCUT2D eigenvalue weighted by Crippen LogP contribution is 2.45. The van der Waals surface area contributed by atoms with Crippen LogP contribution in [0.2, 0.25) is 0 Å². The van der Waals surface area contributed by atoms with Crippen molar-refractivity contribution in [3.8, 4) is 0 Å². The maximum Gasteiger partial charge on any atom is 0.306 e. The van der Waals surface area contributed by atoms with E-state index in [1.807, 2.05) is 20.8 Å². The summed E-state index contributed by atoms with van der Waals surface area (Å²) in [7, 11) is 0. The van der Waals surface area contributed by atoms with Crippen molar-refractivity contribution in [2.45, 2.75) is 64.1 Å². The monoisotopic (exact) mass is 254 g/mol. The second-order valence-electron chi connectivity index (χ2n) is 6.40. The molecule has 4 nitrogen and oxygen atoms in total. The molecule has 1 heterocycles. The van der Waals surface area contributed by atoms with E-state index in [0.29, 0.717) is 25.9 Å². The van der Waals surface area contributed by atoms with Crippen molar-refractivity contribution in [3.63, 3.8) is 0 Å². The van der Waals surface area contributed by atoms with E-state index in [1.54, 1.807) is 0 Å². The molecule has 0 aromatic carbocycles. The minimum Gasteiger partial charge on any atom is -0.460 e. The summed E-state index contributed by atoms with van der Waals surface area (Å²) in [5.41, 5.74) is -0.816. The molecule has 1 aliphatic carbocycles. The molecule has 2 rings (SSSR count). The molecule has 0 bridgehead atoms. The summed E-state index contributed by atoms with van der Waals surface area (Å²) < 4.78 is 11.1. The van der Waals surface area contributed by atoms with Gasteiger partial charge >= 0.3 is 5.97 Å². The van der Waals surface area contributed by atoms with Gasteiger partial charge in [0.15, 0.2) is 0 Å². The zero-order valence-corrected chi connectivity index (χ0v) is 11.5. The minimum absolute atomic E-state index is 0.138. The van der Waals surface area contributed by atoms with Gasteiger partial charge in [0.25, 0.3) is 0 Å². The van der Waals surface area contributed by atoms with Crippen LogP contribution in [0, 0.1) is 5.92 Å². The van der Waals surface area contributed by atoms with Crippen LogP contribution in [-0.2, 0) is 19.1 Å². The summed E-state index contributed by atoms with van der Waals surface area (Å²) in [6.07, 6.45) is 3.04. The summed E-state index contributed by atoms with van der Waals surface area (Å²) in [5.74, 6) is 0.210. The molecule has 2 aliphatic rings. The van der Waals surface area contributed by atoms with E-state index in [4.69, 9.17) is 9.47 Å². The lowest BCUT2D eigenvalue weighted by Crippen LogP contribution is -2.35. The molecule has 1 saturated heterocycles. The third kappa shape index (κ3) is 2.91. The average Bonchev–Trinajstić information content (AvgIpc) is 2.73. The predicted molar refractivity (Wildman–Crippen MR) is 66.1 cm³/mol. The van der Waals surface area contributed by atoms with Gasteiger partial charge in [-0.1, -0.05) is 0 Å². The molecule has 2 fully saturated rings. The predicted octanol–water partition coefficient (Wildman–Crippen LogP) is 2.25. The number of carbonyl (C=O) groups is 2. The Labute approximate surface area is 108 Å². The molecule has 2 atom stereocenters. The highest BCUT2D eigenvalue weighted by molar-refractivity contribution is 5.82. The standard InChI is InChI=1S/C14H22O4/c1-13(2,3)18-12(16)8-10-5-7-17-14(10)6-4-11(15)9-14/h10H,4-9H2,1-3H3/t10-,14-/m0/s1. The first-order valence-corrected chi connectivity index (χ1v) is 6.68. The molecule has 1 aliphatic heterocycles. The van der Waals surface area contributed by atoms with Gasteiger partial charge in [-0.15, -0.1) is 0 Å². The molecular weight excluding hydrogens is 232 g/mol. The van der Waals surface area contributed by atoms with E-state index in [1.165, 1.54) is 0 Å². The van der Waals surface area contributed by atoms with Gasteiger partial charge in [-0.2, -0.15) is 0 Å². The van der Waals surface area contributed by atoms with E-state index in [0.717, 1.165) is 12.8 Å². The first-order chi connectivity index (χ1) is 8.31. The van der Waals surface area contributed by atoms with Crippen LogP contribution < -0.4 is 0 Å². The Morgan fingerprint density at radius 2 is 2.22 bits per heavy atom. The molecule has 4 heteroatoms. The number of ketones is 1. The second kappa shape index (κ2) is 4.65. The third-order valence-electron chi connectivity index (χ3n) is 3.76. The first-order valence-electron chi connectivity index (χ1n) is 6.68. The van der Waals surface area contributed by atoms with Crippen molar-refractivity contribution in [3.05, 3.63) is 0 Å². The molecule has 18 heavy (non-hydrogen) atoms. The van der Waals surface area contributed by atoms with Crippen LogP contribution in [-0.4, -0.2) is 29.6 Å². The molecule has 1 saturated carbocycles. The van der Waals surface area contributed by atoms with E-state index in [-0.39, 0.29) is 23.3 Å². The minimum atomic E-state index is -0.449. The van der Waals surface area contributed by atoms with Crippen molar-refractivity contribution < 1.29 is 19.1 Å². The van der Waals surface area contributed by atoms with Crippen LogP contribution >= 0.6 is 0 Å². The fourth-order valence-corrected chi connectivity index (χ4v) is 2.99. The van der Waals surface area contributed by atoms with Gasteiger partial charge in [-0.25, -0.2) is 0 Å². The van der Waals surface area contributed by atoms with Crippen molar-refractivity contribution in [1.82, 2.24) is 0 Å². The lowest BCUT2D eigenvalue weighted by atomic mass is 9.83. The van der Waals surface area contributed by atoms with E-state index in [2.05, 4.69) is 0 Å². The number of hydrogen-bond donors (Lipinski definition) is 0. The Morgan fingerprint density at radius 3 is 2.78 bits per heavy atom. The van der Waals surface area contributed by atoms with Gasteiger partial charge in [-0.3, -0.25) is 9.59 Å². The summed E-state index contributed by atoms with van der Waals surface area (Å²) in [5, 5.41) is 0. The Hall–Kier alpha value is -0.900. The highest BCUT2D eigenvalue weighted by Gasteiger charge is 2.49. The van der Waals surface area contributed by atoms with Crippen LogP contribution in [0.5, 0.6) is 0 Å². The topological polar surface area (TPSA) is 52.6 Å². The largest absolute Gasteiger partial charge is 0.460 e. The van der Waals surface area contributed by atoms with Crippen LogP contribution in [0.25, 0.3) is 0 Å². The third-order valence-corrected chi connectivity index (χ3v) is 3.76. The van der Waals surface area contributed by atoms with Crippen LogP contribution in [0.4, 0.5) is 0 Å². The molecule has 0 N–H and O–H groups in total. The lowest BCUT2D eigenvalue weighted by Gasteiger charge is -2.29. The zero-order chi connectivity index (χ0) is 13.4. The van der Waals surface area contributed by atoms with E-state index < -0.39 is 5.60 Å². The Balaban J connectivity index is 1.96. The van der Waals surface area contributed by atoms with Gasteiger partial charge in [0.2, 0.25) is 0 Å². The molecule has 0 unspecified atom stereocenters. The number of ether oxygens (including phenoxy) is 2. The van der Waals surface area contributed by atoms with Crippen LogP contribution in [0.1, 0.15) is 52.9 Å². The van der Waals surface area contributed by atoms with Crippen molar-refractivity contribution in [1.29, 1.82) is 0 Å². The number of Topliss-reactive ketones (excluding diaryl/α,β-unsaturated/α-hetero) is 1. The zero-order valence-electron chi connectivity index (χ0n) is 11.5. The second-order valence-corrected chi connectivity index (χ2v) is 6.40. The summed E-state index contributed by atoms with van der Waals surface area (Å²) in [6, 6.07) is 0. The highest BCUT2D eigenvalue weighted by atomic mass is 16.6. The van der Waals surface area contributed by atoms with Crippen molar-refractivity contribution >= 4 is 11.8 Å². The van der Waals surface area contributed by atoms with Gasteiger partial charge in [0, 0.05) is 25.4 Å². The van der Waals surface area contributed by atoms with Crippen LogP contribution in [0.15, 0.2) is 0 Å². The molecule has 0 aromatic heterocycles. The van der Waals surface area contributed by atoms with Gasteiger partial charge in [-0.05, 0) is 33.6 Å². The molecule has 102 valence electrons. The number of hydrogen-bond acceptors (Lipinski definition) is 4. The molecule has 1 spiro atoms. The van der Waals surface area contributed by atoms with Gasteiger partial charge in [0.1, 0.15) is 11.4 Å². The SMILES string of the molecule is CC(C)(C)OC(=O)C[C@@H]1CCO[C@]12CCC(=O)C2. The molecule has 0 amide bonds. The van der Waals surface area contributed by atoms with E-state index >= 15 is 0 Å². The molecular formula is C14H22O4. The quantitative estimate of drug-likeness (QED) is 0.709. The number of esters is 1. The maximum absolute atomic E-state index is 11.9. The number of carbonyl (C=O) groups excluding carboxylic acids is 2. The van der Waals surface area contributed by atoms with Crippen molar-refractivity contribution in [2.24, 2.45) is 5.92 Å². The lowest BCUT2D eigenvalue weighted by molar-refractivity contribution is -0.157. The number of rotatable bonds is 2. The maximum atomic E-state index is 11.9. The summed E-state index contributed by atoms with van der Waals surface area (Å²) >= 11 is 0. The smallest absolute Gasteiger partial charge is 0.306 e. The summed E-state index contributed by atoms with van der Waals surface area (Å²) in [4.78, 5) is 23.3. The first kappa shape index (κ1) is 13.5. The molecule has 0 aromatic rings. The normalized spacial score (nSPS) is 32.2. The van der Waals surface area contributed by atoms with Crippen molar-refractivity contribution in [2.75, 3.05) is 6.61 Å². The van der Waals surface area contributed by atoms with Crippen LogP contribution in [0.3, 0.4) is 0 Å².